The summed E-state index contributed by atoms with van der Waals surface area (Å²) in [5.74, 6) is -1.30. The maximum absolute atomic E-state index is 12.5. The van der Waals surface area contributed by atoms with Crippen LogP contribution in [-0.4, -0.2) is 11.1 Å². The quantitative estimate of drug-likeness (QED) is 0.870. The number of carboxylic acids is 1. The van der Waals surface area contributed by atoms with Gasteiger partial charge in [0.1, 0.15) is 6.07 Å². The predicted molar refractivity (Wildman–Crippen MR) is 55.7 cm³/mol. The van der Waals surface area contributed by atoms with Crippen LogP contribution in [0.1, 0.15) is 33.5 Å². The van der Waals surface area contributed by atoms with Gasteiger partial charge in [-0.15, -0.1) is 0 Å². The molecule has 0 aliphatic rings. The zero-order valence-electron chi connectivity index (χ0n) is 7.88. The maximum Gasteiger partial charge on any atom is 0.337 e. The molecule has 1 aromatic carbocycles. The highest BCUT2D eigenvalue weighted by molar-refractivity contribution is 9.08. The summed E-state index contributed by atoms with van der Waals surface area (Å²) in [6, 6.07) is 3.60. The fraction of sp³-hybridized carbons (Fsp3) is 0.200. The Bertz CT molecular complexity index is 469. The Hall–Kier alpha value is -1.48. The molecular weight excluding hydrogens is 284 g/mol. The van der Waals surface area contributed by atoms with E-state index in [2.05, 4.69) is 15.9 Å². The minimum absolute atomic E-state index is 0.101. The van der Waals surface area contributed by atoms with E-state index in [1.54, 1.807) is 6.07 Å². The van der Waals surface area contributed by atoms with Gasteiger partial charge in [0.15, 0.2) is 0 Å². The van der Waals surface area contributed by atoms with Crippen molar-refractivity contribution in [1.82, 2.24) is 0 Å². The molecule has 1 aromatic rings. The fourth-order valence-electron chi connectivity index (χ4n) is 1.30. The van der Waals surface area contributed by atoms with Crippen molar-refractivity contribution in [2.24, 2.45) is 0 Å². The van der Waals surface area contributed by atoms with Gasteiger partial charge in [-0.2, -0.15) is 5.26 Å². The highest BCUT2D eigenvalue weighted by atomic mass is 79.9. The van der Waals surface area contributed by atoms with E-state index in [1.807, 2.05) is 0 Å². The van der Waals surface area contributed by atoms with Crippen molar-refractivity contribution in [2.75, 3.05) is 0 Å². The third-order valence-electron chi connectivity index (χ3n) is 1.97. The van der Waals surface area contributed by atoms with Crippen molar-refractivity contribution in [3.63, 3.8) is 0 Å². The van der Waals surface area contributed by atoms with Gasteiger partial charge in [0, 0.05) is 10.9 Å². The van der Waals surface area contributed by atoms with Crippen LogP contribution in [0.5, 0.6) is 0 Å². The molecule has 0 aliphatic carbocycles. The minimum atomic E-state index is -2.73. The van der Waals surface area contributed by atoms with E-state index in [0.717, 1.165) is 12.1 Å². The first-order valence-corrected chi connectivity index (χ1v) is 5.27. The molecule has 0 bridgehead atoms. The van der Waals surface area contributed by atoms with Crippen LogP contribution in [0.15, 0.2) is 12.1 Å². The molecule has 0 saturated heterocycles. The van der Waals surface area contributed by atoms with Gasteiger partial charge in [-0.1, -0.05) is 15.9 Å². The summed E-state index contributed by atoms with van der Waals surface area (Å²) < 4.78 is 24.9. The van der Waals surface area contributed by atoms with Crippen molar-refractivity contribution in [1.29, 1.82) is 5.26 Å². The van der Waals surface area contributed by atoms with E-state index >= 15 is 0 Å². The van der Waals surface area contributed by atoms with E-state index in [-0.39, 0.29) is 27.6 Å². The lowest BCUT2D eigenvalue weighted by atomic mass is 9.99. The lowest BCUT2D eigenvalue weighted by molar-refractivity contribution is 0.0695. The monoisotopic (exact) mass is 289 g/mol. The third kappa shape index (κ3) is 2.36. The Kier molecular flexibility index (Phi) is 3.96. The number of aromatic carboxylic acids is 1. The molecule has 16 heavy (non-hydrogen) atoms. The molecule has 3 nitrogen and oxygen atoms in total. The highest BCUT2D eigenvalue weighted by Gasteiger charge is 2.19. The smallest absolute Gasteiger partial charge is 0.337 e. The zero-order chi connectivity index (χ0) is 12.3. The van der Waals surface area contributed by atoms with Crippen molar-refractivity contribution >= 4 is 21.9 Å². The highest BCUT2D eigenvalue weighted by Crippen LogP contribution is 2.26. The summed E-state index contributed by atoms with van der Waals surface area (Å²) in [7, 11) is 0. The van der Waals surface area contributed by atoms with E-state index in [9.17, 15) is 13.6 Å². The van der Waals surface area contributed by atoms with Gasteiger partial charge in [-0.3, -0.25) is 0 Å². The molecular formula is C10H6BrF2NO2. The van der Waals surface area contributed by atoms with E-state index < -0.39 is 12.4 Å². The summed E-state index contributed by atoms with van der Waals surface area (Å²) in [6.45, 7) is 0. The van der Waals surface area contributed by atoms with Gasteiger partial charge in [0.25, 0.3) is 6.43 Å². The average molecular weight is 290 g/mol. The first-order chi connectivity index (χ1) is 7.51. The Morgan fingerprint density at radius 1 is 1.56 bits per heavy atom. The second-order valence-electron chi connectivity index (χ2n) is 2.95. The summed E-state index contributed by atoms with van der Waals surface area (Å²) >= 11 is 3.01. The number of hydrogen-bond donors (Lipinski definition) is 1. The van der Waals surface area contributed by atoms with Crippen LogP contribution in [0.2, 0.25) is 0 Å². The van der Waals surface area contributed by atoms with Crippen LogP contribution in [0.3, 0.4) is 0 Å². The number of alkyl halides is 3. The van der Waals surface area contributed by atoms with Crippen LogP contribution in [0, 0.1) is 11.3 Å². The van der Waals surface area contributed by atoms with Crippen molar-refractivity contribution in [3.05, 3.63) is 34.4 Å². The standard InChI is InChI=1S/C10H6BrF2NO2/c11-3-6-1-5(9(12)13)2-7(4-14)8(6)10(15)16/h1-2,9H,3H2,(H,15,16). The second kappa shape index (κ2) is 5.03. The molecule has 0 amide bonds. The number of hydrogen-bond acceptors (Lipinski definition) is 2. The van der Waals surface area contributed by atoms with Gasteiger partial charge < -0.3 is 5.11 Å². The molecule has 6 heteroatoms. The molecule has 1 rings (SSSR count). The Balaban J connectivity index is 3.51. The van der Waals surface area contributed by atoms with E-state index in [0.29, 0.717) is 0 Å². The molecule has 0 fully saturated rings. The maximum atomic E-state index is 12.5. The molecule has 84 valence electrons. The van der Waals surface area contributed by atoms with Crippen molar-refractivity contribution in [3.8, 4) is 6.07 Å². The molecule has 0 heterocycles. The molecule has 0 saturated carbocycles. The Labute approximate surface area is 98.4 Å². The Morgan fingerprint density at radius 2 is 2.19 bits per heavy atom. The fourth-order valence-corrected chi connectivity index (χ4v) is 1.74. The van der Waals surface area contributed by atoms with Crippen LogP contribution < -0.4 is 0 Å². The van der Waals surface area contributed by atoms with Crippen molar-refractivity contribution < 1.29 is 18.7 Å². The molecule has 0 spiro atoms. The van der Waals surface area contributed by atoms with Gasteiger partial charge >= 0.3 is 5.97 Å². The first-order valence-electron chi connectivity index (χ1n) is 4.15. The summed E-state index contributed by atoms with van der Waals surface area (Å²) in [4.78, 5) is 10.9. The molecule has 0 aromatic heterocycles. The number of benzene rings is 1. The summed E-state index contributed by atoms with van der Waals surface area (Å²) in [5.41, 5.74) is -0.665. The molecule has 0 aliphatic heterocycles. The van der Waals surface area contributed by atoms with Crippen molar-refractivity contribution in [2.45, 2.75) is 11.8 Å². The minimum Gasteiger partial charge on any atom is -0.478 e. The zero-order valence-corrected chi connectivity index (χ0v) is 9.46. The number of nitrogens with zero attached hydrogens (tertiary/aromatic N) is 1. The van der Waals surface area contributed by atoms with E-state index in [4.69, 9.17) is 10.4 Å². The lowest BCUT2D eigenvalue weighted by Gasteiger charge is -2.08. The lowest BCUT2D eigenvalue weighted by Crippen LogP contribution is -2.06. The third-order valence-corrected chi connectivity index (χ3v) is 2.58. The molecule has 1 N–H and O–H groups in total. The van der Waals surface area contributed by atoms with Gasteiger partial charge in [-0.25, -0.2) is 13.6 Å². The predicted octanol–water partition coefficient (Wildman–Crippen LogP) is 3.09. The molecule has 0 unspecified atom stereocenters. The number of rotatable bonds is 3. The number of halogens is 3. The second-order valence-corrected chi connectivity index (χ2v) is 3.51. The van der Waals surface area contributed by atoms with Crippen LogP contribution >= 0.6 is 15.9 Å². The van der Waals surface area contributed by atoms with Crippen LogP contribution in [0.4, 0.5) is 8.78 Å². The Morgan fingerprint density at radius 3 is 2.56 bits per heavy atom. The number of nitriles is 1. The number of carbonyl (C=O) groups is 1. The topological polar surface area (TPSA) is 61.1 Å². The van der Waals surface area contributed by atoms with Gasteiger partial charge in [0.05, 0.1) is 11.1 Å². The largest absolute Gasteiger partial charge is 0.478 e. The summed E-state index contributed by atoms with van der Waals surface area (Å²) in [5, 5.41) is 17.7. The summed E-state index contributed by atoms with van der Waals surface area (Å²) in [6.07, 6.45) is -2.73. The molecule has 0 atom stereocenters. The normalized spacial score (nSPS) is 10.2. The average Bonchev–Trinajstić information content (AvgIpc) is 2.26. The van der Waals surface area contributed by atoms with Crippen LogP contribution in [-0.2, 0) is 5.33 Å². The van der Waals surface area contributed by atoms with E-state index in [1.165, 1.54) is 0 Å². The molecule has 0 radical (unpaired) electrons. The van der Waals surface area contributed by atoms with Gasteiger partial charge in [0.2, 0.25) is 0 Å². The number of carboxylic acid groups (broad SMARTS) is 1. The first kappa shape index (κ1) is 12.6. The van der Waals surface area contributed by atoms with Crippen LogP contribution in [0.25, 0.3) is 0 Å². The SMILES string of the molecule is N#Cc1cc(C(F)F)cc(CBr)c1C(=O)O. The van der Waals surface area contributed by atoms with Gasteiger partial charge in [-0.05, 0) is 17.7 Å².